The molecule has 0 saturated carbocycles. The van der Waals surface area contributed by atoms with E-state index in [9.17, 15) is 13.2 Å². The van der Waals surface area contributed by atoms with Crippen molar-refractivity contribution in [2.45, 2.75) is 5.37 Å². The molecular weight excluding hydrogens is 362 g/mol. The number of benzene rings is 1. The third-order valence-corrected chi connectivity index (χ3v) is 6.36. The summed E-state index contributed by atoms with van der Waals surface area (Å²) in [5.41, 5.74) is 0.602. The molecule has 1 atom stereocenters. The highest BCUT2D eigenvalue weighted by atomic mass is 79.9. The number of hydrogen-bond acceptors (Lipinski definition) is 5. The van der Waals surface area contributed by atoms with Crippen LogP contribution >= 0.6 is 27.7 Å². The van der Waals surface area contributed by atoms with Gasteiger partial charge in [0.1, 0.15) is 5.37 Å². The van der Waals surface area contributed by atoms with Gasteiger partial charge in [-0.05, 0) is 12.1 Å². The summed E-state index contributed by atoms with van der Waals surface area (Å²) in [7, 11) is -3.17. The molecule has 0 spiro atoms. The Hall–Kier alpha value is -0.370. The average molecular weight is 378 g/mol. The molecule has 1 aromatic carbocycles. The van der Waals surface area contributed by atoms with Gasteiger partial charge < -0.3 is 0 Å². The second-order valence-corrected chi connectivity index (χ2v) is 9.03. The molecule has 0 aliphatic carbocycles. The van der Waals surface area contributed by atoms with Gasteiger partial charge in [0, 0.05) is 34.3 Å². The Labute approximate surface area is 132 Å². The van der Waals surface area contributed by atoms with Crippen molar-refractivity contribution in [3.05, 3.63) is 34.3 Å². The zero-order valence-corrected chi connectivity index (χ0v) is 14.3. The van der Waals surface area contributed by atoms with Crippen molar-refractivity contribution >= 4 is 43.3 Å². The molecule has 1 aliphatic heterocycles. The van der Waals surface area contributed by atoms with Crippen LogP contribution in [-0.2, 0) is 9.84 Å². The molecule has 7 heteroatoms. The maximum atomic E-state index is 12.3. The van der Waals surface area contributed by atoms with Crippen molar-refractivity contribution in [1.29, 1.82) is 0 Å². The van der Waals surface area contributed by atoms with Gasteiger partial charge >= 0.3 is 0 Å². The quantitative estimate of drug-likeness (QED) is 0.751. The van der Waals surface area contributed by atoms with Gasteiger partial charge in [0.15, 0.2) is 15.6 Å². The van der Waals surface area contributed by atoms with Gasteiger partial charge in [-0.25, -0.2) is 8.42 Å². The zero-order chi connectivity index (χ0) is 14.8. The number of nitrogens with zero attached hydrogens (tertiary/aromatic N) is 1. The molecule has 1 heterocycles. The molecule has 0 aromatic heterocycles. The Morgan fingerprint density at radius 2 is 2.25 bits per heavy atom. The van der Waals surface area contributed by atoms with E-state index in [0.29, 0.717) is 17.9 Å². The molecule has 4 nitrogen and oxygen atoms in total. The summed E-state index contributed by atoms with van der Waals surface area (Å²) < 4.78 is 24.4. The Morgan fingerprint density at radius 1 is 1.50 bits per heavy atom. The fraction of sp³-hybridized carbons (Fsp3) is 0.462. The first-order valence-electron chi connectivity index (χ1n) is 6.17. The molecule has 110 valence electrons. The molecule has 1 unspecified atom stereocenters. The van der Waals surface area contributed by atoms with Crippen molar-refractivity contribution in [2.24, 2.45) is 0 Å². The highest BCUT2D eigenvalue weighted by Gasteiger charge is 2.32. The predicted molar refractivity (Wildman–Crippen MR) is 86.0 cm³/mol. The number of hydrogen-bond donors (Lipinski definition) is 0. The fourth-order valence-electron chi connectivity index (χ4n) is 2.13. The summed E-state index contributed by atoms with van der Waals surface area (Å²) in [6, 6.07) is 7.17. The normalized spacial score (nSPS) is 20.8. The third-order valence-electron chi connectivity index (χ3n) is 3.18. The van der Waals surface area contributed by atoms with Gasteiger partial charge in [-0.1, -0.05) is 28.1 Å². The van der Waals surface area contributed by atoms with Crippen molar-refractivity contribution in [1.82, 2.24) is 4.90 Å². The summed E-state index contributed by atoms with van der Waals surface area (Å²) in [6.07, 6.45) is 1.24. The average Bonchev–Trinajstić information content (AvgIpc) is 2.38. The number of halogens is 1. The van der Waals surface area contributed by atoms with E-state index in [0.717, 1.165) is 10.2 Å². The number of sulfone groups is 1. The number of rotatable bonds is 4. The Morgan fingerprint density at radius 3 is 2.90 bits per heavy atom. The first-order chi connectivity index (χ1) is 9.38. The van der Waals surface area contributed by atoms with E-state index in [1.54, 1.807) is 34.9 Å². The van der Waals surface area contributed by atoms with Crippen LogP contribution in [0.3, 0.4) is 0 Å². The molecule has 1 aromatic rings. The summed E-state index contributed by atoms with van der Waals surface area (Å²) in [4.78, 5) is 14.0. The van der Waals surface area contributed by atoms with Crippen molar-refractivity contribution < 1.29 is 13.2 Å². The first-order valence-corrected chi connectivity index (χ1v) is 10.1. The first kappa shape index (κ1) is 16.0. The number of thioether (sulfide) groups is 1. The Kier molecular flexibility index (Phi) is 5.28. The SMILES string of the molecule is CS(=O)(=O)C1CSCCN1CC(=O)c1cccc(Br)c1. The van der Waals surface area contributed by atoms with Crippen molar-refractivity contribution in [3.8, 4) is 0 Å². The largest absolute Gasteiger partial charge is 0.293 e. The number of ketones is 1. The minimum atomic E-state index is -3.17. The Bertz CT molecular complexity index is 603. The minimum Gasteiger partial charge on any atom is -0.293 e. The molecular formula is C13H16BrNO3S2. The lowest BCUT2D eigenvalue weighted by atomic mass is 10.1. The Balaban J connectivity index is 2.13. The second-order valence-electron chi connectivity index (χ2n) is 4.76. The van der Waals surface area contributed by atoms with Crippen LogP contribution in [0.15, 0.2) is 28.7 Å². The molecule has 1 saturated heterocycles. The van der Waals surface area contributed by atoms with Gasteiger partial charge in [-0.15, -0.1) is 0 Å². The maximum Gasteiger partial charge on any atom is 0.176 e. The molecule has 1 fully saturated rings. The summed E-state index contributed by atoms with van der Waals surface area (Å²) >= 11 is 4.95. The summed E-state index contributed by atoms with van der Waals surface area (Å²) in [6.45, 7) is 0.775. The van der Waals surface area contributed by atoms with Crippen molar-refractivity contribution in [3.63, 3.8) is 0 Å². The predicted octanol–water partition coefficient (Wildman–Crippen LogP) is 2.05. The lowest BCUT2D eigenvalue weighted by molar-refractivity contribution is 0.0928. The number of Topliss-reactive ketones (excluding diaryl/α,β-unsaturated/α-hetero) is 1. The lowest BCUT2D eigenvalue weighted by Gasteiger charge is -2.33. The van der Waals surface area contributed by atoms with E-state index >= 15 is 0 Å². The monoisotopic (exact) mass is 377 g/mol. The number of carbonyl (C=O) groups excluding carboxylic acids is 1. The van der Waals surface area contributed by atoms with Crippen LogP contribution in [0.2, 0.25) is 0 Å². The highest BCUT2D eigenvalue weighted by Crippen LogP contribution is 2.21. The van der Waals surface area contributed by atoms with Crippen LogP contribution in [0, 0.1) is 0 Å². The minimum absolute atomic E-state index is 0.0492. The van der Waals surface area contributed by atoms with Gasteiger partial charge in [-0.3, -0.25) is 9.69 Å². The van der Waals surface area contributed by atoms with Crippen molar-refractivity contribution in [2.75, 3.05) is 30.9 Å². The van der Waals surface area contributed by atoms with E-state index in [1.165, 1.54) is 6.26 Å². The standard InChI is InChI=1S/C13H16BrNO3S2/c1-20(17,18)13-9-19-6-5-15(13)8-12(16)10-3-2-4-11(14)7-10/h2-4,7,13H,5-6,8-9H2,1H3. The van der Waals surface area contributed by atoms with Gasteiger partial charge in [-0.2, -0.15) is 11.8 Å². The molecule has 1 aliphatic rings. The van der Waals surface area contributed by atoms with E-state index in [1.807, 2.05) is 6.07 Å². The van der Waals surface area contributed by atoms with Crippen LogP contribution in [0.4, 0.5) is 0 Å². The summed E-state index contributed by atoms with van der Waals surface area (Å²) in [5, 5.41) is -0.558. The van der Waals surface area contributed by atoms with Crippen LogP contribution in [-0.4, -0.2) is 55.3 Å². The van der Waals surface area contributed by atoms with Gasteiger partial charge in [0.2, 0.25) is 0 Å². The van der Waals surface area contributed by atoms with Crippen LogP contribution < -0.4 is 0 Å². The van der Waals surface area contributed by atoms with E-state index < -0.39 is 15.2 Å². The van der Waals surface area contributed by atoms with Gasteiger partial charge in [0.25, 0.3) is 0 Å². The van der Waals surface area contributed by atoms with Crippen LogP contribution in [0.1, 0.15) is 10.4 Å². The smallest absolute Gasteiger partial charge is 0.176 e. The number of carbonyl (C=O) groups is 1. The van der Waals surface area contributed by atoms with E-state index in [2.05, 4.69) is 15.9 Å². The zero-order valence-electron chi connectivity index (χ0n) is 11.1. The van der Waals surface area contributed by atoms with E-state index in [-0.39, 0.29) is 12.3 Å². The lowest BCUT2D eigenvalue weighted by Crippen LogP contribution is -2.48. The molecule has 0 N–H and O–H groups in total. The fourth-order valence-corrected chi connectivity index (χ4v) is 5.47. The van der Waals surface area contributed by atoms with Gasteiger partial charge in [0.05, 0.1) is 6.54 Å². The molecule has 0 bridgehead atoms. The summed E-state index contributed by atoms with van der Waals surface area (Å²) in [5.74, 6) is 1.34. The molecule has 2 rings (SSSR count). The topological polar surface area (TPSA) is 54.5 Å². The van der Waals surface area contributed by atoms with E-state index in [4.69, 9.17) is 0 Å². The van der Waals surface area contributed by atoms with Crippen LogP contribution in [0.25, 0.3) is 0 Å². The third kappa shape index (κ3) is 4.07. The highest BCUT2D eigenvalue weighted by molar-refractivity contribution is 9.10. The molecule has 0 radical (unpaired) electrons. The second kappa shape index (κ2) is 6.60. The molecule has 20 heavy (non-hydrogen) atoms. The van der Waals surface area contributed by atoms with Crippen LogP contribution in [0.5, 0.6) is 0 Å². The maximum absolute atomic E-state index is 12.3. The molecule has 0 amide bonds.